The first-order chi connectivity index (χ1) is 6.56. The van der Waals surface area contributed by atoms with Crippen LogP contribution in [-0.2, 0) is 0 Å². The van der Waals surface area contributed by atoms with E-state index in [-0.39, 0.29) is 16.9 Å². The number of aromatic carboxylic acids is 1. The van der Waals surface area contributed by atoms with Gasteiger partial charge in [0.1, 0.15) is 0 Å². The van der Waals surface area contributed by atoms with Gasteiger partial charge in [-0.2, -0.15) is 0 Å². The smallest absolute Gasteiger partial charge is 0.335 e. The molecule has 14 heavy (non-hydrogen) atoms. The molecule has 76 valence electrons. The summed E-state index contributed by atoms with van der Waals surface area (Å²) in [7, 11) is 0. The topological polar surface area (TPSA) is 46.5 Å². The van der Waals surface area contributed by atoms with Crippen molar-refractivity contribution < 1.29 is 19.0 Å². The molecule has 3 nitrogen and oxygen atoms in total. The molecule has 0 aromatic heterocycles. The summed E-state index contributed by atoms with van der Waals surface area (Å²) in [6, 6.07) is 2.47. The molecular formula is C10H11FO3. The predicted molar refractivity (Wildman–Crippen MR) is 49.3 cm³/mol. The number of hydrogen-bond donors (Lipinski definition) is 1. The average molecular weight is 198 g/mol. The highest BCUT2D eigenvalue weighted by molar-refractivity contribution is 5.88. The second kappa shape index (κ2) is 4.09. The maximum atomic E-state index is 13.3. The number of carboxylic acid groups (broad SMARTS) is 1. The van der Waals surface area contributed by atoms with Gasteiger partial charge in [-0.15, -0.1) is 0 Å². The molecular weight excluding hydrogens is 187 g/mol. The second-order valence-corrected chi connectivity index (χ2v) is 2.84. The van der Waals surface area contributed by atoms with Gasteiger partial charge in [-0.1, -0.05) is 0 Å². The van der Waals surface area contributed by atoms with E-state index in [0.717, 1.165) is 0 Å². The summed E-state index contributed by atoms with van der Waals surface area (Å²) in [5.41, 5.74) is 0.306. The Bertz CT molecular complexity index is 361. The van der Waals surface area contributed by atoms with Crippen LogP contribution in [0.15, 0.2) is 12.1 Å². The lowest BCUT2D eigenvalue weighted by molar-refractivity contribution is 0.0696. The number of hydrogen-bond acceptors (Lipinski definition) is 2. The summed E-state index contributed by atoms with van der Waals surface area (Å²) in [5.74, 6) is -1.60. The van der Waals surface area contributed by atoms with E-state index in [0.29, 0.717) is 6.61 Å². The van der Waals surface area contributed by atoms with Gasteiger partial charge in [0.2, 0.25) is 0 Å². The second-order valence-electron chi connectivity index (χ2n) is 2.84. The van der Waals surface area contributed by atoms with Gasteiger partial charge >= 0.3 is 5.97 Å². The molecule has 1 aromatic rings. The van der Waals surface area contributed by atoms with Gasteiger partial charge in [0.25, 0.3) is 0 Å². The minimum atomic E-state index is -1.09. The summed E-state index contributed by atoms with van der Waals surface area (Å²) in [6.45, 7) is 3.52. The van der Waals surface area contributed by atoms with Crippen LogP contribution >= 0.6 is 0 Å². The molecule has 0 aliphatic heterocycles. The van der Waals surface area contributed by atoms with E-state index >= 15 is 0 Å². The predicted octanol–water partition coefficient (Wildman–Crippen LogP) is 2.23. The monoisotopic (exact) mass is 198 g/mol. The Labute approximate surface area is 81.1 Å². The number of carboxylic acids is 1. The molecule has 0 bridgehead atoms. The third-order valence-corrected chi connectivity index (χ3v) is 1.77. The lowest BCUT2D eigenvalue weighted by Crippen LogP contribution is -2.02. The fourth-order valence-corrected chi connectivity index (χ4v) is 1.12. The molecule has 0 spiro atoms. The van der Waals surface area contributed by atoms with E-state index in [1.165, 1.54) is 19.1 Å². The van der Waals surface area contributed by atoms with Crippen LogP contribution in [0.5, 0.6) is 5.75 Å². The highest BCUT2D eigenvalue weighted by Gasteiger charge is 2.12. The SMILES string of the molecule is CCOc1cc(C(=O)O)cc(C)c1F. The van der Waals surface area contributed by atoms with E-state index in [2.05, 4.69) is 0 Å². The highest BCUT2D eigenvalue weighted by Crippen LogP contribution is 2.22. The van der Waals surface area contributed by atoms with Crippen molar-refractivity contribution in [3.05, 3.63) is 29.1 Å². The fourth-order valence-electron chi connectivity index (χ4n) is 1.12. The molecule has 0 saturated carbocycles. The van der Waals surface area contributed by atoms with Crippen LogP contribution in [0.25, 0.3) is 0 Å². The van der Waals surface area contributed by atoms with Crippen LogP contribution in [0.4, 0.5) is 4.39 Å². The third-order valence-electron chi connectivity index (χ3n) is 1.77. The average Bonchev–Trinajstić information content (AvgIpc) is 2.12. The molecule has 0 atom stereocenters. The Hall–Kier alpha value is -1.58. The van der Waals surface area contributed by atoms with Crippen LogP contribution in [0, 0.1) is 12.7 Å². The van der Waals surface area contributed by atoms with Gasteiger partial charge in [0.15, 0.2) is 11.6 Å². The molecule has 0 aliphatic carbocycles. The molecule has 0 fully saturated rings. The van der Waals surface area contributed by atoms with Crippen LogP contribution in [0.3, 0.4) is 0 Å². The molecule has 0 aliphatic rings. The molecule has 1 N–H and O–H groups in total. The van der Waals surface area contributed by atoms with E-state index in [9.17, 15) is 9.18 Å². The largest absolute Gasteiger partial charge is 0.491 e. The van der Waals surface area contributed by atoms with E-state index in [1.54, 1.807) is 6.92 Å². The number of benzene rings is 1. The van der Waals surface area contributed by atoms with E-state index < -0.39 is 11.8 Å². The first kappa shape index (κ1) is 10.5. The zero-order valence-electron chi connectivity index (χ0n) is 8.00. The standard InChI is InChI=1S/C10H11FO3/c1-3-14-8-5-7(10(12)13)4-6(2)9(8)11/h4-5H,3H2,1-2H3,(H,12,13). The van der Waals surface area contributed by atoms with E-state index in [4.69, 9.17) is 9.84 Å². The summed E-state index contributed by atoms with van der Waals surface area (Å²) < 4.78 is 18.3. The number of ether oxygens (including phenoxy) is 1. The van der Waals surface area contributed by atoms with Crippen molar-refractivity contribution in [2.45, 2.75) is 13.8 Å². The lowest BCUT2D eigenvalue weighted by atomic mass is 10.1. The van der Waals surface area contributed by atoms with Crippen molar-refractivity contribution in [2.75, 3.05) is 6.61 Å². The molecule has 1 aromatic carbocycles. The molecule has 0 saturated heterocycles. The van der Waals surface area contributed by atoms with Gasteiger partial charge in [-0.3, -0.25) is 0 Å². The minimum absolute atomic E-state index is 0.00935. The van der Waals surface area contributed by atoms with E-state index in [1.807, 2.05) is 0 Å². The van der Waals surface area contributed by atoms with Crippen molar-refractivity contribution in [3.63, 3.8) is 0 Å². The van der Waals surface area contributed by atoms with Crippen molar-refractivity contribution in [2.24, 2.45) is 0 Å². The lowest BCUT2D eigenvalue weighted by Gasteiger charge is -2.07. The first-order valence-electron chi connectivity index (χ1n) is 4.22. The number of aryl methyl sites for hydroxylation is 1. The van der Waals surface area contributed by atoms with Crippen LogP contribution in [0.1, 0.15) is 22.8 Å². The Morgan fingerprint density at radius 1 is 1.57 bits per heavy atom. The van der Waals surface area contributed by atoms with Crippen molar-refractivity contribution in [3.8, 4) is 5.75 Å². The van der Waals surface area contributed by atoms with Crippen LogP contribution in [-0.4, -0.2) is 17.7 Å². The van der Waals surface area contributed by atoms with Gasteiger partial charge in [-0.05, 0) is 31.5 Å². The Balaban J connectivity index is 3.20. The molecule has 0 radical (unpaired) electrons. The van der Waals surface area contributed by atoms with Crippen LogP contribution in [0.2, 0.25) is 0 Å². The summed E-state index contributed by atoms with van der Waals surface area (Å²) in [4.78, 5) is 10.6. The molecule has 0 unspecified atom stereocenters. The number of rotatable bonds is 3. The molecule has 4 heteroatoms. The Morgan fingerprint density at radius 2 is 2.21 bits per heavy atom. The summed E-state index contributed by atoms with van der Waals surface area (Å²) in [5, 5.41) is 8.71. The summed E-state index contributed by atoms with van der Waals surface area (Å²) >= 11 is 0. The zero-order valence-corrected chi connectivity index (χ0v) is 8.00. The van der Waals surface area contributed by atoms with Crippen molar-refractivity contribution in [1.82, 2.24) is 0 Å². The highest BCUT2D eigenvalue weighted by atomic mass is 19.1. The van der Waals surface area contributed by atoms with Gasteiger partial charge < -0.3 is 9.84 Å². The molecule has 1 rings (SSSR count). The maximum Gasteiger partial charge on any atom is 0.335 e. The third kappa shape index (κ3) is 2.02. The van der Waals surface area contributed by atoms with Crippen molar-refractivity contribution in [1.29, 1.82) is 0 Å². The van der Waals surface area contributed by atoms with Gasteiger partial charge in [0.05, 0.1) is 12.2 Å². The molecule has 0 amide bonds. The minimum Gasteiger partial charge on any atom is -0.491 e. The first-order valence-corrected chi connectivity index (χ1v) is 4.22. The number of halogens is 1. The Kier molecular flexibility index (Phi) is 3.06. The van der Waals surface area contributed by atoms with Gasteiger partial charge in [-0.25, -0.2) is 9.18 Å². The maximum absolute atomic E-state index is 13.3. The number of carbonyl (C=O) groups is 1. The van der Waals surface area contributed by atoms with Crippen molar-refractivity contribution >= 4 is 5.97 Å². The molecule has 0 heterocycles. The fraction of sp³-hybridized carbons (Fsp3) is 0.300. The quantitative estimate of drug-likeness (QED) is 0.810. The Morgan fingerprint density at radius 3 is 2.71 bits per heavy atom. The van der Waals surface area contributed by atoms with Crippen LogP contribution < -0.4 is 4.74 Å². The zero-order chi connectivity index (χ0) is 10.7. The summed E-state index contributed by atoms with van der Waals surface area (Å²) in [6.07, 6.45) is 0. The normalized spacial score (nSPS) is 9.93. The van der Waals surface area contributed by atoms with Gasteiger partial charge in [0, 0.05) is 0 Å².